The molecule has 1 rings (SSSR count). The first kappa shape index (κ1) is 15.7. The van der Waals surface area contributed by atoms with E-state index in [1.165, 1.54) is 0 Å². The predicted octanol–water partition coefficient (Wildman–Crippen LogP) is 0.297. The predicted molar refractivity (Wildman–Crippen MR) is 68.1 cm³/mol. The second kappa shape index (κ2) is 7.96. The first-order valence-corrected chi connectivity index (χ1v) is 6.38. The molecule has 0 bridgehead atoms. The van der Waals surface area contributed by atoms with Crippen LogP contribution < -0.4 is 5.32 Å². The molecule has 2 atom stereocenters. The van der Waals surface area contributed by atoms with Gasteiger partial charge in [-0.15, -0.1) is 0 Å². The number of nitrogens with one attached hydrogen (secondary N) is 1. The molecule has 110 valence electrons. The van der Waals surface area contributed by atoms with Crippen LogP contribution >= 0.6 is 0 Å². The zero-order valence-electron chi connectivity index (χ0n) is 11.4. The van der Waals surface area contributed by atoms with Gasteiger partial charge in [0.15, 0.2) is 0 Å². The Morgan fingerprint density at radius 1 is 1.21 bits per heavy atom. The third kappa shape index (κ3) is 5.04. The molecule has 1 aliphatic heterocycles. The number of nitrogens with zero attached hydrogens (tertiary/aromatic N) is 1. The van der Waals surface area contributed by atoms with Crippen LogP contribution in [-0.2, 0) is 14.3 Å². The van der Waals surface area contributed by atoms with Gasteiger partial charge in [-0.2, -0.15) is 0 Å². The topological polar surface area (TPSA) is 88.1 Å². The van der Waals surface area contributed by atoms with Crippen molar-refractivity contribution in [3.63, 3.8) is 0 Å². The molecule has 0 aliphatic carbocycles. The lowest BCUT2D eigenvalue weighted by atomic mass is 10.2. The fraction of sp³-hybridized carbons (Fsp3) is 0.833. The maximum Gasteiger partial charge on any atom is 0.317 e. The molecule has 0 saturated carbocycles. The quantitative estimate of drug-likeness (QED) is 0.652. The van der Waals surface area contributed by atoms with Crippen molar-refractivity contribution < 1.29 is 24.2 Å². The standard InChI is InChI=1S/C12H22N2O5/c1-18-9-7-14(8-10(9)19-2)12(17)13-6-4-3-5-11(15)16/h9-10H,3-8H2,1-2H3,(H,13,17)(H,15,16). The summed E-state index contributed by atoms with van der Waals surface area (Å²) in [7, 11) is 3.20. The highest BCUT2D eigenvalue weighted by atomic mass is 16.5. The van der Waals surface area contributed by atoms with Crippen molar-refractivity contribution in [2.24, 2.45) is 0 Å². The number of likely N-dealkylation sites (tertiary alicyclic amines) is 1. The summed E-state index contributed by atoms with van der Waals surface area (Å²) in [6.07, 6.45) is 1.17. The Morgan fingerprint density at radius 2 is 1.79 bits per heavy atom. The number of carboxylic acids is 1. The van der Waals surface area contributed by atoms with Crippen LogP contribution in [0.5, 0.6) is 0 Å². The zero-order chi connectivity index (χ0) is 14.3. The summed E-state index contributed by atoms with van der Waals surface area (Å²) in [6, 6.07) is -0.156. The molecular weight excluding hydrogens is 252 g/mol. The number of ether oxygens (including phenoxy) is 2. The number of carbonyl (C=O) groups excluding carboxylic acids is 1. The Bertz CT molecular complexity index is 298. The fourth-order valence-electron chi connectivity index (χ4n) is 2.07. The van der Waals surface area contributed by atoms with E-state index < -0.39 is 5.97 Å². The molecule has 0 radical (unpaired) electrons. The third-order valence-electron chi connectivity index (χ3n) is 3.20. The summed E-state index contributed by atoms with van der Waals surface area (Å²) in [5.74, 6) is -0.809. The van der Waals surface area contributed by atoms with E-state index in [0.717, 1.165) is 0 Å². The van der Waals surface area contributed by atoms with E-state index >= 15 is 0 Å². The Labute approximate surface area is 112 Å². The number of carbonyl (C=O) groups is 2. The Balaban J connectivity index is 2.21. The highest BCUT2D eigenvalue weighted by Gasteiger charge is 2.35. The van der Waals surface area contributed by atoms with Crippen molar-refractivity contribution in [1.29, 1.82) is 0 Å². The minimum atomic E-state index is -0.809. The molecule has 0 aromatic rings. The Kier molecular flexibility index (Phi) is 6.58. The van der Waals surface area contributed by atoms with Crippen molar-refractivity contribution in [1.82, 2.24) is 10.2 Å². The van der Waals surface area contributed by atoms with Gasteiger partial charge in [0.2, 0.25) is 0 Å². The zero-order valence-corrected chi connectivity index (χ0v) is 11.4. The summed E-state index contributed by atoms with van der Waals surface area (Å²) in [4.78, 5) is 23.8. The molecule has 2 amide bonds. The minimum Gasteiger partial charge on any atom is -0.481 e. The SMILES string of the molecule is COC1CN(C(=O)NCCCCC(=O)O)CC1OC. The molecule has 19 heavy (non-hydrogen) atoms. The first-order chi connectivity index (χ1) is 9.08. The molecular formula is C12H22N2O5. The van der Waals surface area contributed by atoms with Crippen LogP contribution in [0.3, 0.4) is 0 Å². The van der Waals surface area contributed by atoms with Crippen LogP contribution in [0.25, 0.3) is 0 Å². The first-order valence-electron chi connectivity index (χ1n) is 6.38. The Hall–Kier alpha value is -1.34. The molecule has 2 unspecified atom stereocenters. The average Bonchev–Trinajstić information content (AvgIpc) is 2.81. The van der Waals surface area contributed by atoms with E-state index in [2.05, 4.69) is 5.32 Å². The van der Waals surface area contributed by atoms with Crippen LogP contribution in [0.4, 0.5) is 4.79 Å². The fourth-order valence-corrected chi connectivity index (χ4v) is 2.07. The molecule has 1 heterocycles. The van der Waals surface area contributed by atoms with E-state index in [9.17, 15) is 9.59 Å². The number of urea groups is 1. The summed E-state index contributed by atoms with van der Waals surface area (Å²) >= 11 is 0. The van der Waals surface area contributed by atoms with Gasteiger partial charge in [-0.1, -0.05) is 0 Å². The molecule has 1 aliphatic rings. The van der Waals surface area contributed by atoms with Gasteiger partial charge in [-0.25, -0.2) is 4.79 Å². The number of hydrogen-bond donors (Lipinski definition) is 2. The Morgan fingerprint density at radius 3 is 2.26 bits per heavy atom. The van der Waals surface area contributed by atoms with Crippen molar-refractivity contribution in [3.8, 4) is 0 Å². The lowest BCUT2D eigenvalue weighted by Gasteiger charge is -2.16. The normalized spacial score (nSPS) is 22.5. The lowest BCUT2D eigenvalue weighted by Crippen LogP contribution is -2.39. The summed E-state index contributed by atoms with van der Waals surface area (Å²) in [6.45, 7) is 1.50. The summed E-state index contributed by atoms with van der Waals surface area (Å²) in [5.41, 5.74) is 0. The van der Waals surface area contributed by atoms with Gasteiger partial charge in [0.1, 0.15) is 12.2 Å². The molecule has 1 fully saturated rings. The van der Waals surface area contributed by atoms with Crippen LogP contribution in [0.15, 0.2) is 0 Å². The molecule has 2 N–H and O–H groups in total. The van der Waals surface area contributed by atoms with E-state index in [4.69, 9.17) is 14.6 Å². The van der Waals surface area contributed by atoms with Crippen LogP contribution in [-0.4, -0.2) is 68.1 Å². The van der Waals surface area contributed by atoms with Crippen molar-refractivity contribution in [3.05, 3.63) is 0 Å². The van der Waals surface area contributed by atoms with Crippen LogP contribution in [0, 0.1) is 0 Å². The number of hydrogen-bond acceptors (Lipinski definition) is 4. The average molecular weight is 274 g/mol. The molecule has 1 saturated heterocycles. The number of methoxy groups -OCH3 is 2. The maximum atomic E-state index is 11.9. The minimum absolute atomic E-state index is 0.0947. The summed E-state index contributed by atoms with van der Waals surface area (Å²) in [5, 5.41) is 11.3. The molecule has 7 heteroatoms. The van der Waals surface area contributed by atoms with E-state index in [1.54, 1.807) is 19.1 Å². The second-order valence-electron chi connectivity index (χ2n) is 4.54. The van der Waals surface area contributed by atoms with Crippen molar-refractivity contribution >= 4 is 12.0 Å². The van der Waals surface area contributed by atoms with Gasteiger partial charge in [-0.05, 0) is 12.8 Å². The maximum absolute atomic E-state index is 11.9. The number of carboxylic acid groups (broad SMARTS) is 1. The van der Waals surface area contributed by atoms with E-state index in [1.807, 2.05) is 0 Å². The largest absolute Gasteiger partial charge is 0.481 e. The van der Waals surface area contributed by atoms with Crippen molar-refractivity contribution in [2.45, 2.75) is 31.5 Å². The molecule has 7 nitrogen and oxygen atoms in total. The van der Waals surface area contributed by atoms with Gasteiger partial charge in [0, 0.05) is 27.2 Å². The summed E-state index contributed by atoms with van der Waals surface area (Å²) < 4.78 is 10.5. The smallest absolute Gasteiger partial charge is 0.317 e. The third-order valence-corrected chi connectivity index (χ3v) is 3.20. The van der Waals surface area contributed by atoms with E-state index in [0.29, 0.717) is 32.5 Å². The number of amides is 2. The monoisotopic (exact) mass is 274 g/mol. The molecule has 0 spiro atoms. The van der Waals surface area contributed by atoms with Gasteiger partial charge in [-0.3, -0.25) is 4.79 Å². The van der Waals surface area contributed by atoms with E-state index in [-0.39, 0.29) is 24.7 Å². The van der Waals surface area contributed by atoms with Gasteiger partial charge in [0.05, 0.1) is 13.1 Å². The molecule has 0 aromatic heterocycles. The van der Waals surface area contributed by atoms with Gasteiger partial charge in [0.25, 0.3) is 0 Å². The van der Waals surface area contributed by atoms with Crippen LogP contribution in [0.1, 0.15) is 19.3 Å². The number of unbranched alkanes of at least 4 members (excludes halogenated alkanes) is 1. The van der Waals surface area contributed by atoms with Gasteiger partial charge < -0.3 is 24.8 Å². The van der Waals surface area contributed by atoms with Crippen LogP contribution in [0.2, 0.25) is 0 Å². The van der Waals surface area contributed by atoms with Crippen molar-refractivity contribution in [2.75, 3.05) is 33.9 Å². The number of rotatable bonds is 7. The highest BCUT2D eigenvalue weighted by molar-refractivity contribution is 5.74. The van der Waals surface area contributed by atoms with Gasteiger partial charge >= 0.3 is 12.0 Å². The highest BCUT2D eigenvalue weighted by Crippen LogP contribution is 2.15. The number of aliphatic carboxylic acids is 1. The second-order valence-corrected chi connectivity index (χ2v) is 4.54. The molecule has 0 aromatic carbocycles. The lowest BCUT2D eigenvalue weighted by molar-refractivity contribution is -0.137.